The second-order valence-electron chi connectivity index (χ2n) is 5.52. The zero-order valence-electron chi connectivity index (χ0n) is 12.4. The van der Waals surface area contributed by atoms with Gasteiger partial charge in [-0.15, -0.1) is 0 Å². The van der Waals surface area contributed by atoms with E-state index >= 15 is 0 Å². The number of hydrogen-bond acceptors (Lipinski definition) is 1. The first kappa shape index (κ1) is 14.7. The summed E-state index contributed by atoms with van der Waals surface area (Å²) in [6.07, 6.45) is 1.89. The largest absolute Gasteiger partial charge is 0.316 e. The third-order valence-corrected chi connectivity index (χ3v) is 3.57. The molecule has 0 aliphatic carbocycles. The van der Waals surface area contributed by atoms with E-state index in [1.54, 1.807) is 0 Å². The Labute approximate surface area is 120 Å². The van der Waals surface area contributed by atoms with Gasteiger partial charge in [-0.25, -0.2) is 4.39 Å². The highest BCUT2D eigenvalue weighted by molar-refractivity contribution is 5.29. The van der Waals surface area contributed by atoms with Gasteiger partial charge in [0.05, 0.1) is 0 Å². The fourth-order valence-electron chi connectivity index (χ4n) is 2.65. The Morgan fingerprint density at radius 2 is 1.45 bits per heavy atom. The molecule has 0 bridgehead atoms. The van der Waals surface area contributed by atoms with Crippen LogP contribution in [0, 0.1) is 19.7 Å². The Balaban J connectivity index is 2.06. The molecule has 1 nitrogen and oxygen atoms in total. The van der Waals surface area contributed by atoms with Crippen LogP contribution in [0.2, 0.25) is 0 Å². The molecule has 2 heteroatoms. The zero-order chi connectivity index (χ0) is 14.5. The van der Waals surface area contributed by atoms with Crippen molar-refractivity contribution in [2.24, 2.45) is 0 Å². The van der Waals surface area contributed by atoms with Crippen molar-refractivity contribution in [3.63, 3.8) is 0 Å². The number of rotatable bonds is 5. The average Bonchev–Trinajstić information content (AvgIpc) is 2.39. The number of aryl methyl sites for hydroxylation is 2. The van der Waals surface area contributed by atoms with E-state index in [0.717, 1.165) is 18.4 Å². The predicted molar refractivity (Wildman–Crippen MR) is 82.6 cm³/mol. The van der Waals surface area contributed by atoms with Gasteiger partial charge in [-0.2, -0.15) is 0 Å². The summed E-state index contributed by atoms with van der Waals surface area (Å²) < 4.78 is 12.9. The molecule has 1 unspecified atom stereocenters. The Hall–Kier alpha value is -1.67. The van der Waals surface area contributed by atoms with Crippen molar-refractivity contribution in [2.45, 2.75) is 32.7 Å². The van der Waals surface area contributed by atoms with Gasteiger partial charge in [0.25, 0.3) is 0 Å². The van der Waals surface area contributed by atoms with Crippen LogP contribution >= 0.6 is 0 Å². The maximum atomic E-state index is 12.9. The first-order chi connectivity index (χ1) is 9.56. The van der Waals surface area contributed by atoms with Gasteiger partial charge in [0.1, 0.15) is 5.82 Å². The fraction of sp³-hybridized carbons (Fsp3) is 0.333. The lowest BCUT2D eigenvalue weighted by molar-refractivity contribution is 0.555. The van der Waals surface area contributed by atoms with Gasteiger partial charge in [0.2, 0.25) is 0 Å². The SMILES string of the molecule is CNC(Cc1ccc(F)cc1)Cc1cc(C)cc(C)c1. The van der Waals surface area contributed by atoms with Crippen LogP contribution in [0.3, 0.4) is 0 Å². The van der Waals surface area contributed by atoms with Crippen LogP contribution in [0.4, 0.5) is 4.39 Å². The molecule has 2 aromatic rings. The van der Waals surface area contributed by atoms with Crippen LogP contribution in [0.15, 0.2) is 42.5 Å². The normalized spacial score (nSPS) is 12.4. The highest BCUT2D eigenvalue weighted by Gasteiger charge is 2.09. The molecular formula is C18H22FN. The fourth-order valence-corrected chi connectivity index (χ4v) is 2.65. The zero-order valence-corrected chi connectivity index (χ0v) is 12.4. The summed E-state index contributed by atoms with van der Waals surface area (Å²) in [4.78, 5) is 0. The summed E-state index contributed by atoms with van der Waals surface area (Å²) in [5.74, 6) is -0.177. The number of halogens is 1. The summed E-state index contributed by atoms with van der Waals surface area (Å²) in [6, 6.07) is 13.8. The Bertz CT molecular complexity index is 540. The third kappa shape index (κ3) is 4.17. The van der Waals surface area contributed by atoms with E-state index in [1.807, 2.05) is 19.2 Å². The topological polar surface area (TPSA) is 12.0 Å². The van der Waals surface area contributed by atoms with Crippen LogP contribution in [-0.2, 0) is 12.8 Å². The van der Waals surface area contributed by atoms with Gasteiger partial charge >= 0.3 is 0 Å². The average molecular weight is 271 g/mol. The molecule has 1 N–H and O–H groups in total. The molecule has 0 saturated carbocycles. The van der Waals surface area contributed by atoms with E-state index in [2.05, 4.69) is 37.4 Å². The molecule has 0 aliphatic rings. The molecule has 0 aromatic heterocycles. The molecular weight excluding hydrogens is 249 g/mol. The maximum Gasteiger partial charge on any atom is 0.123 e. The molecule has 0 amide bonds. The minimum atomic E-state index is -0.177. The van der Waals surface area contributed by atoms with Gasteiger partial charge < -0.3 is 5.32 Å². The first-order valence-electron chi connectivity index (χ1n) is 7.05. The van der Waals surface area contributed by atoms with Crippen molar-refractivity contribution in [1.82, 2.24) is 5.32 Å². The van der Waals surface area contributed by atoms with Crippen molar-refractivity contribution >= 4 is 0 Å². The summed E-state index contributed by atoms with van der Waals surface area (Å²) in [5.41, 5.74) is 5.12. The Morgan fingerprint density at radius 3 is 2.00 bits per heavy atom. The smallest absolute Gasteiger partial charge is 0.123 e. The molecule has 0 spiro atoms. The van der Waals surface area contributed by atoms with E-state index in [9.17, 15) is 4.39 Å². The Kier molecular flexibility index (Phi) is 4.91. The predicted octanol–water partition coefficient (Wildman–Crippen LogP) is 3.82. The van der Waals surface area contributed by atoms with Crippen LogP contribution in [0.1, 0.15) is 22.3 Å². The highest BCUT2D eigenvalue weighted by Crippen LogP contribution is 2.13. The minimum Gasteiger partial charge on any atom is -0.316 e. The third-order valence-electron chi connectivity index (χ3n) is 3.57. The van der Waals surface area contributed by atoms with Crippen molar-refractivity contribution < 1.29 is 4.39 Å². The number of nitrogens with one attached hydrogen (secondary N) is 1. The molecule has 20 heavy (non-hydrogen) atoms. The van der Waals surface area contributed by atoms with E-state index in [0.29, 0.717) is 6.04 Å². The van der Waals surface area contributed by atoms with Crippen LogP contribution in [0.5, 0.6) is 0 Å². The number of likely N-dealkylation sites (N-methyl/N-ethyl adjacent to an activating group) is 1. The standard InChI is InChI=1S/C18H22FN/c1-13-8-14(2)10-16(9-13)12-18(20-3)11-15-4-6-17(19)7-5-15/h4-10,18,20H,11-12H2,1-3H3. The second kappa shape index (κ2) is 6.67. The van der Waals surface area contributed by atoms with Crippen molar-refractivity contribution in [2.75, 3.05) is 7.05 Å². The lowest BCUT2D eigenvalue weighted by atomic mass is 9.97. The molecule has 106 valence electrons. The molecule has 2 rings (SSSR count). The molecule has 0 radical (unpaired) electrons. The monoisotopic (exact) mass is 271 g/mol. The second-order valence-corrected chi connectivity index (χ2v) is 5.52. The first-order valence-corrected chi connectivity index (χ1v) is 7.05. The summed E-state index contributed by atoms with van der Waals surface area (Å²) in [6.45, 7) is 4.26. The van der Waals surface area contributed by atoms with E-state index < -0.39 is 0 Å². The molecule has 0 aliphatic heterocycles. The summed E-state index contributed by atoms with van der Waals surface area (Å²) in [5, 5.41) is 3.36. The number of benzene rings is 2. The summed E-state index contributed by atoms with van der Waals surface area (Å²) in [7, 11) is 1.98. The van der Waals surface area contributed by atoms with Crippen LogP contribution in [0.25, 0.3) is 0 Å². The van der Waals surface area contributed by atoms with Gasteiger partial charge in [-0.05, 0) is 57.0 Å². The van der Waals surface area contributed by atoms with Gasteiger partial charge in [0, 0.05) is 6.04 Å². The molecule has 0 fully saturated rings. The van der Waals surface area contributed by atoms with Crippen molar-refractivity contribution in [1.29, 1.82) is 0 Å². The van der Waals surface area contributed by atoms with Gasteiger partial charge in [0.15, 0.2) is 0 Å². The van der Waals surface area contributed by atoms with E-state index in [1.165, 1.54) is 28.8 Å². The van der Waals surface area contributed by atoms with E-state index in [-0.39, 0.29) is 5.82 Å². The maximum absolute atomic E-state index is 12.9. The van der Waals surface area contributed by atoms with Gasteiger partial charge in [-0.1, -0.05) is 41.5 Å². The molecule has 2 aromatic carbocycles. The number of hydrogen-bond donors (Lipinski definition) is 1. The van der Waals surface area contributed by atoms with Gasteiger partial charge in [-0.3, -0.25) is 0 Å². The van der Waals surface area contributed by atoms with Crippen LogP contribution < -0.4 is 5.32 Å². The Morgan fingerprint density at radius 1 is 0.900 bits per heavy atom. The summed E-state index contributed by atoms with van der Waals surface area (Å²) >= 11 is 0. The van der Waals surface area contributed by atoms with Crippen molar-refractivity contribution in [3.8, 4) is 0 Å². The molecule has 1 atom stereocenters. The minimum absolute atomic E-state index is 0.177. The molecule has 0 saturated heterocycles. The van der Waals surface area contributed by atoms with Crippen molar-refractivity contribution in [3.05, 3.63) is 70.5 Å². The lowest BCUT2D eigenvalue weighted by Crippen LogP contribution is -2.30. The lowest BCUT2D eigenvalue weighted by Gasteiger charge is -2.17. The quantitative estimate of drug-likeness (QED) is 0.872. The molecule has 0 heterocycles. The van der Waals surface area contributed by atoms with E-state index in [4.69, 9.17) is 0 Å². The van der Waals surface area contributed by atoms with Crippen LogP contribution in [-0.4, -0.2) is 13.1 Å². The highest BCUT2D eigenvalue weighted by atomic mass is 19.1.